The highest BCUT2D eigenvalue weighted by atomic mass is 19.1. The van der Waals surface area contributed by atoms with E-state index in [1.807, 2.05) is 0 Å². The van der Waals surface area contributed by atoms with Crippen molar-refractivity contribution in [2.45, 2.75) is 6.54 Å². The van der Waals surface area contributed by atoms with Crippen molar-refractivity contribution in [1.82, 2.24) is 14.9 Å². The van der Waals surface area contributed by atoms with Crippen molar-refractivity contribution in [3.8, 4) is 0 Å². The third-order valence-electron chi connectivity index (χ3n) is 3.64. The van der Waals surface area contributed by atoms with Crippen molar-refractivity contribution in [1.29, 1.82) is 0 Å². The van der Waals surface area contributed by atoms with Crippen LogP contribution in [0.4, 0.5) is 19.0 Å². The first-order valence-corrected chi connectivity index (χ1v) is 6.97. The molecule has 1 amide bonds. The van der Waals surface area contributed by atoms with Crippen LogP contribution < -0.4 is 4.90 Å². The number of amides is 1. The molecule has 0 aliphatic carbocycles. The van der Waals surface area contributed by atoms with Crippen molar-refractivity contribution in [2.75, 3.05) is 24.5 Å². The van der Waals surface area contributed by atoms with Crippen LogP contribution in [0.5, 0.6) is 0 Å². The maximum Gasteiger partial charge on any atom is 0.242 e. The molecule has 1 fully saturated rings. The SMILES string of the molecule is O=C1CN(c2ncncc2F)CCN1Cc1cc(F)ccc1F. The number of rotatable bonds is 3. The summed E-state index contributed by atoms with van der Waals surface area (Å²) in [6.07, 6.45) is 2.23. The maximum atomic E-state index is 13.7. The Labute approximate surface area is 130 Å². The molecular weight excluding hydrogens is 309 g/mol. The minimum Gasteiger partial charge on any atom is -0.343 e. The summed E-state index contributed by atoms with van der Waals surface area (Å²) in [5, 5.41) is 0. The summed E-state index contributed by atoms with van der Waals surface area (Å²) in [5.74, 6) is -1.98. The van der Waals surface area contributed by atoms with Crippen molar-refractivity contribution in [3.05, 3.63) is 53.7 Å². The van der Waals surface area contributed by atoms with E-state index in [4.69, 9.17) is 0 Å². The Morgan fingerprint density at radius 3 is 2.70 bits per heavy atom. The van der Waals surface area contributed by atoms with E-state index in [1.54, 1.807) is 0 Å². The molecule has 2 aromatic rings. The van der Waals surface area contributed by atoms with Gasteiger partial charge < -0.3 is 9.80 Å². The quantitative estimate of drug-likeness (QED) is 0.864. The van der Waals surface area contributed by atoms with Crippen molar-refractivity contribution >= 4 is 11.7 Å². The number of hydrogen-bond acceptors (Lipinski definition) is 4. The molecule has 0 radical (unpaired) electrons. The summed E-state index contributed by atoms with van der Waals surface area (Å²) in [5.41, 5.74) is 0.111. The largest absolute Gasteiger partial charge is 0.343 e. The minimum absolute atomic E-state index is 0.0253. The lowest BCUT2D eigenvalue weighted by Crippen LogP contribution is -2.50. The molecule has 1 aliphatic heterocycles. The van der Waals surface area contributed by atoms with E-state index in [9.17, 15) is 18.0 Å². The standard InChI is InChI=1S/C15H13F3N4O/c16-11-1-2-12(17)10(5-11)7-21-3-4-22(8-14(21)23)15-13(18)6-19-9-20-15/h1-2,5-6,9H,3-4,7-8H2. The van der Waals surface area contributed by atoms with Crippen molar-refractivity contribution in [3.63, 3.8) is 0 Å². The number of carbonyl (C=O) groups excluding carboxylic acids is 1. The Morgan fingerprint density at radius 1 is 1.13 bits per heavy atom. The average Bonchev–Trinajstić information content (AvgIpc) is 2.53. The summed E-state index contributed by atoms with van der Waals surface area (Å²) in [6.45, 7) is 0.502. The number of carbonyl (C=O) groups is 1. The van der Waals surface area contributed by atoms with E-state index in [0.29, 0.717) is 6.54 Å². The highest BCUT2D eigenvalue weighted by Gasteiger charge is 2.27. The number of piperazine rings is 1. The topological polar surface area (TPSA) is 49.3 Å². The van der Waals surface area contributed by atoms with Gasteiger partial charge >= 0.3 is 0 Å². The summed E-state index contributed by atoms with van der Waals surface area (Å²) in [6, 6.07) is 3.12. The van der Waals surface area contributed by atoms with Crippen LogP contribution in [-0.2, 0) is 11.3 Å². The molecule has 23 heavy (non-hydrogen) atoms. The third-order valence-corrected chi connectivity index (χ3v) is 3.64. The highest BCUT2D eigenvalue weighted by Crippen LogP contribution is 2.19. The lowest BCUT2D eigenvalue weighted by molar-refractivity contribution is -0.131. The van der Waals surface area contributed by atoms with Gasteiger partial charge in [-0.25, -0.2) is 23.1 Å². The van der Waals surface area contributed by atoms with Gasteiger partial charge in [-0.3, -0.25) is 4.79 Å². The second-order valence-electron chi connectivity index (χ2n) is 5.17. The van der Waals surface area contributed by atoms with Gasteiger partial charge in [0.25, 0.3) is 0 Å². The van der Waals surface area contributed by atoms with Crippen LogP contribution in [0, 0.1) is 17.5 Å². The molecule has 0 N–H and O–H groups in total. The van der Waals surface area contributed by atoms with Crippen LogP contribution in [0.2, 0.25) is 0 Å². The molecule has 120 valence electrons. The number of nitrogens with zero attached hydrogens (tertiary/aromatic N) is 4. The molecular formula is C15H13F3N4O. The Morgan fingerprint density at radius 2 is 1.96 bits per heavy atom. The fraction of sp³-hybridized carbons (Fsp3) is 0.267. The van der Waals surface area contributed by atoms with E-state index in [0.717, 1.165) is 24.4 Å². The van der Waals surface area contributed by atoms with Crippen LogP contribution in [0.25, 0.3) is 0 Å². The summed E-state index contributed by atoms with van der Waals surface area (Å²) < 4.78 is 40.5. The van der Waals surface area contributed by atoms with Crippen LogP contribution in [0.3, 0.4) is 0 Å². The number of aromatic nitrogens is 2. The fourth-order valence-electron chi connectivity index (χ4n) is 2.47. The summed E-state index contributed by atoms with van der Waals surface area (Å²) in [7, 11) is 0. The predicted molar refractivity (Wildman–Crippen MR) is 76.0 cm³/mol. The average molecular weight is 322 g/mol. The molecule has 2 heterocycles. The first kappa shape index (κ1) is 15.3. The van der Waals surface area contributed by atoms with Gasteiger partial charge in [0.15, 0.2) is 11.6 Å². The molecule has 0 atom stereocenters. The molecule has 1 saturated heterocycles. The molecule has 0 saturated carbocycles. The highest BCUT2D eigenvalue weighted by molar-refractivity contribution is 5.82. The molecule has 8 heteroatoms. The molecule has 1 aromatic heterocycles. The summed E-state index contributed by atoms with van der Waals surface area (Å²) >= 11 is 0. The van der Waals surface area contributed by atoms with Gasteiger partial charge in [0.1, 0.15) is 18.0 Å². The molecule has 0 unspecified atom stereocenters. The summed E-state index contributed by atoms with van der Waals surface area (Å²) in [4.78, 5) is 22.5. The molecule has 5 nitrogen and oxygen atoms in total. The van der Waals surface area contributed by atoms with E-state index in [-0.39, 0.29) is 36.9 Å². The number of anilines is 1. The monoisotopic (exact) mass is 322 g/mol. The first-order valence-electron chi connectivity index (χ1n) is 6.97. The minimum atomic E-state index is -0.607. The van der Waals surface area contributed by atoms with Gasteiger partial charge in [-0.05, 0) is 18.2 Å². The Balaban J connectivity index is 1.71. The van der Waals surface area contributed by atoms with Crippen molar-refractivity contribution < 1.29 is 18.0 Å². The molecule has 0 spiro atoms. The smallest absolute Gasteiger partial charge is 0.242 e. The van der Waals surface area contributed by atoms with Crippen molar-refractivity contribution in [2.24, 2.45) is 0 Å². The molecule has 3 rings (SSSR count). The van der Waals surface area contributed by atoms with E-state index in [2.05, 4.69) is 9.97 Å². The van der Waals surface area contributed by atoms with E-state index < -0.39 is 17.5 Å². The number of halogens is 3. The normalized spacial score (nSPS) is 15.2. The van der Waals surface area contributed by atoms with Crippen LogP contribution in [-0.4, -0.2) is 40.4 Å². The number of benzene rings is 1. The van der Waals surface area contributed by atoms with E-state index in [1.165, 1.54) is 16.1 Å². The second kappa shape index (κ2) is 6.23. The van der Waals surface area contributed by atoms with Gasteiger partial charge in [-0.2, -0.15) is 0 Å². The zero-order chi connectivity index (χ0) is 16.4. The third kappa shape index (κ3) is 3.25. The zero-order valence-electron chi connectivity index (χ0n) is 12.0. The second-order valence-corrected chi connectivity index (χ2v) is 5.17. The van der Waals surface area contributed by atoms with Gasteiger partial charge in [-0.15, -0.1) is 0 Å². The Kier molecular flexibility index (Phi) is 4.14. The lowest BCUT2D eigenvalue weighted by Gasteiger charge is -2.35. The number of hydrogen-bond donors (Lipinski definition) is 0. The molecule has 0 bridgehead atoms. The Bertz CT molecular complexity index is 740. The zero-order valence-corrected chi connectivity index (χ0v) is 12.0. The van der Waals surface area contributed by atoms with Gasteiger partial charge in [0, 0.05) is 25.2 Å². The molecule has 1 aliphatic rings. The van der Waals surface area contributed by atoms with Crippen LogP contribution in [0.15, 0.2) is 30.7 Å². The van der Waals surface area contributed by atoms with E-state index >= 15 is 0 Å². The van der Waals surface area contributed by atoms with Crippen LogP contribution >= 0.6 is 0 Å². The van der Waals surface area contributed by atoms with Gasteiger partial charge in [0.05, 0.1) is 12.7 Å². The van der Waals surface area contributed by atoms with Gasteiger partial charge in [-0.1, -0.05) is 0 Å². The molecule has 1 aromatic carbocycles. The Hall–Kier alpha value is -2.64. The lowest BCUT2D eigenvalue weighted by atomic mass is 10.1. The maximum absolute atomic E-state index is 13.7. The van der Waals surface area contributed by atoms with Gasteiger partial charge in [0.2, 0.25) is 5.91 Å². The first-order chi connectivity index (χ1) is 11.0. The fourth-order valence-corrected chi connectivity index (χ4v) is 2.47. The van der Waals surface area contributed by atoms with Crippen LogP contribution in [0.1, 0.15) is 5.56 Å². The predicted octanol–water partition coefficient (Wildman–Crippen LogP) is 1.74.